The van der Waals surface area contributed by atoms with Gasteiger partial charge in [0.1, 0.15) is 0 Å². The summed E-state index contributed by atoms with van der Waals surface area (Å²) >= 11 is 0. The van der Waals surface area contributed by atoms with Gasteiger partial charge in [0.05, 0.1) is 19.8 Å². The maximum Gasteiger partial charge on any atom is 0.0701 e. The summed E-state index contributed by atoms with van der Waals surface area (Å²) in [5, 5.41) is 3.30. The van der Waals surface area contributed by atoms with E-state index in [2.05, 4.69) is 33.0 Å². The Labute approximate surface area is 102 Å². The maximum atomic E-state index is 5.47. The zero-order chi connectivity index (χ0) is 12.2. The second-order valence-electron chi connectivity index (χ2n) is 4.87. The van der Waals surface area contributed by atoms with E-state index in [-0.39, 0.29) is 1.43 Å². The van der Waals surface area contributed by atoms with E-state index in [1.54, 1.807) is 0 Å². The molecule has 0 rings (SSSR count). The first kappa shape index (κ1) is 15.9. The Balaban J connectivity index is 0. The van der Waals surface area contributed by atoms with Crippen LogP contribution in [0.4, 0.5) is 0 Å². The van der Waals surface area contributed by atoms with Crippen LogP contribution in [0.1, 0.15) is 42.0 Å². The summed E-state index contributed by atoms with van der Waals surface area (Å²) in [5.74, 6) is 0.780. The molecule has 0 spiro atoms. The molecule has 3 heteroatoms. The number of hydrogen-bond donors (Lipinski definition) is 1. The lowest BCUT2D eigenvalue weighted by molar-refractivity contribution is 0.0463. The van der Waals surface area contributed by atoms with Crippen LogP contribution in [0.2, 0.25) is 0 Å². The molecule has 0 aliphatic rings. The van der Waals surface area contributed by atoms with Crippen LogP contribution in [0.3, 0.4) is 0 Å². The first-order chi connectivity index (χ1) is 7.63. The highest BCUT2D eigenvalue weighted by atomic mass is 16.5. The van der Waals surface area contributed by atoms with E-state index >= 15 is 0 Å². The molecule has 0 saturated carbocycles. The molecular weight excluding hydrogens is 202 g/mol. The van der Waals surface area contributed by atoms with Gasteiger partial charge in [0.2, 0.25) is 0 Å². The predicted octanol–water partition coefficient (Wildman–Crippen LogP) is 2.70. The molecule has 0 amide bonds. The molecule has 1 N–H and O–H groups in total. The molecule has 0 fully saturated rings. The van der Waals surface area contributed by atoms with E-state index < -0.39 is 0 Å². The van der Waals surface area contributed by atoms with Gasteiger partial charge >= 0.3 is 0 Å². The fourth-order valence-corrected chi connectivity index (χ4v) is 1.34. The minimum Gasteiger partial charge on any atom is -0.379 e. The average molecular weight is 233 g/mol. The normalized spacial score (nSPS) is 11.6. The predicted molar refractivity (Wildman–Crippen MR) is 71.0 cm³/mol. The number of ether oxygens (including phenoxy) is 2. The van der Waals surface area contributed by atoms with E-state index in [1.807, 2.05) is 0 Å². The fourth-order valence-electron chi connectivity index (χ4n) is 1.34. The number of hydrogen-bond acceptors (Lipinski definition) is 3. The van der Waals surface area contributed by atoms with Crippen molar-refractivity contribution in [2.24, 2.45) is 5.92 Å². The molecule has 0 aromatic heterocycles. The van der Waals surface area contributed by atoms with Crippen molar-refractivity contribution in [1.82, 2.24) is 5.32 Å². The summed E-state index contributed by atoms with van der Waals surface area (Å²) < 4.78 is 10.9. The fraction of sp³-hybridized carbons (Fsp3) is 1.00. The van der Waals surface area contributed by atoms with Crippen molar-refractivity contribution >= 4 is 0 Å². The average Bonchev–Trinajstić information content (AvgIpc) is 2.20. The van der Waals surface area contributed by atoms with Crippen LogP contribution in [0.5, 0.6) is 0 Å². The lowest BCUT2D eigenvalue weighted by atomic mass is 10.1. The topological polar surface area (TPSA) is 30.5 Å². The molecule has 0 atom stereocenters. The lowest BCUT2D eigenvalue weighted by Gasteiger charge is -2.09. The third kappa shape index (κ3) is 13.9. The molecule has 3 nitrogen and oxygen atoms in total. The summed E-state index contributed by atoms with van der Waals surface area (Å²) in [6, 6.07) is 0.538. The lowest BCUT2D eigenvalue weighted by Crippen LogP contribution is -2.27. The Kier molecular flexibility index (Phi) is 11.3. The van der Waals surface area contributed by atoms with Gasteiger partial charge < -0.3 is 14.8 Å². The second kappa shape index (κ2) is 11.4. The van der Waals surface area contributed by atoms with Crippen molar-refractivity contribution in [3.05, 3.63) is 0 Å². The second-order valence-corrected chi connectivity index (χ2v) is 4.87. The van der Waals surface area contributed by atoms with Crippen molar-refractivity contribution in [3.8, 4) is 0 Å². The number of rotatable bonds is 11. The minimum atomic E-state index is 0. The molecule has 0 saturated heterocycles. The van der Waals surface area contributed by atoms with Crippen LogP contribution in [0.15, 0.2) is 0 Å². The molecular formula is C13H31NO2. The molecule has 0 heterocycles. The third-order valence-electron chi connectivity index (χ3n) is 2.24. The first-order valence-corrected chi connectivity index (χ1v) is 6.51. The summed E-state index contributed by atoms with van der Waals surface area (Å²) in [6.45, 7) is 12.7. The summed E-state index contributed by atoms with van der Waals surface area (Å²) in [4.78, 5) is 0. The quantitative estimate of drug-likeness (QED) is 0.557. The third-order valence-corrected chi connectivity index (χ3v) is 2.24. The maximum absolute atomic E-state index is 5.47. The van der Waals surface area contributed by atoms with Gasteiger partial charge in [-0.1, -0.05) is 27.7 Å². The van der Waals surface area contributed by atoms with Gasteiger partial charge in [-0.3, -0.25) is 0 Å². The van der Waals surface area contributed by atoms with E-state index in [0.29, 0.717) is 12.6 Å². The molecule has 16 heavy (non-hydrogen) atoms. The molecule has 0 aliphatic carbocycles. The highest BCUT2D eigenvalue weighted by Gasteiger charge is 1.95. The number of nitrogens with one attached hydrogen (secondary N) is 1. The zero-order valence-electron chi connectivity index (χ0n) is 11.4. The Bertz CT molecular complexity index is 127. The molecule has 0 aromatic rings. The highest BCUT2D eigenvalue weighted by Crippen LogP contribution is 2.02. The summed E-state index contributed by atoms with van der Waals surface area (Å²) in [7, 11) is 0. The van der Waals surface area contributed by atoms with Crippen molar-refractivity contribution in [1.29, 1.82) is 0 Å². The van der Waals surface area contributed by atoms with Crippen LogP contribution in [0.25, 0.3) is 0 Å². The SMILES string of the molecule is CC(C)CCCOCCOCCNC(C)C.[HH]. The monoisotopic (exact) mass is 233 g/mol. The van der Waals surface area contributed by atoms with Crippen molar-refractivity contribution < 1.29 is 10.9 Å². The van der Waals surface area contributed by atoms with Gasteiger partial charge in [-0.25, -0.2) is 0 Å². The van der Waals surface area contributed by atoms with Crippen molar-refractivity contribution in [2.45, 2.75) is 46.6 Å². The Hall–Kier alpha value is -0.120. The molecule has 0 aliphatic heterocycles. The minimum absolute atomic E-state index is 0. The van der Waals surface area contributed by atoms with Crippen LogP contribution in [-0.4, -0.2) is 39.0 Å². The Morgan fingerprint density at radius 1 is 0.938 bits per heavy atom. The van der Waals surface area contributed by atoms with Crippen molar-refractivity contribution in [2.75, 3.05) is 33.0 Å². The molecule has 100 valence electrons. The molecule has 0 unspecified atom stereocenters. The molecule has 0 bridgehead atoms. The standard InChI is InChI=1S/C13H29NO2.H2/c1-12(2)6-5-8-15-10-11-16-9-7-14-13(3)4;/h12-14H,5-11H2,1-4H3;1H. The van der Waals surface area contributed by atoms with E-state index in [4.69, 9.17) is 9.47 Å². The van der Waals surface area contributed by atoms with Gasteiger partial charge in [-0.2, -0.15) is 0 Å². The molecule has 0 radical (unpaired) electrons. The van der Waals surface area contributed by atoms with Gasteiger partial charge in [-0.05, 0) is 18.8 Å². The van der Waals surface area contributed by atoms with Crippen molar-refractivity contribution in [3.63, 3.8) is 0 Å². The largest absolute Gasteiger partial charge is 0.379 e. The van der Waals surface area contributed by atoms with E-state index in [0.717, 1.165) is 38.7 Å². The van der Waals surface area contributed by atoms with Gasteiger partial charge in [0.25, 0.3) is 0 Å². The van der Waals surface area contributed by atoms with Crippen LogP contribution < -0.4 is 5.32 Å². The van der Waals surface area contributed by atoms with Crippen LogP contribution in [-0.2, 0) is 9.47 Å². The van der Waals surface area contributed by atoms with Crippen LogP contribution >= 0.6 is 0 Å². The van der Waals surface area contributed by atoms with Gasteiger partial charge in [0.15, 0.2) is 0 Å². The smallest absolute Gasteiger partial charge is 0.0701 e. The summed E-state index contributed by atoms with van der Waals surface area (Å²) in [6.07, 6.45) is 2.41. The van der Waals surface area contributed by atoms with E-state index in [1.165, 1.54) is 6.42 Å². The zero-order valence-corrected chi connectivity index (χ0v) is 11.4. The van der Waals surface area contributed by atoms with E-state index in [9.17, 15) is 0 Å². The molecule has 0 aromatic carbocycles. The highest BCUT2D eigenvalue weighted by molar-refractivity contribution is 4.50. The van der Waals surface area contributed by atoms with Crippen LogP contribution in [0, 0.1) is 5.92 Å². The first-order valence-electron chi connectivity index (χ1n) is 6.51. The van der Waals surface area contributed by atoms with Gasteiger partial charge in [-0.15, -0.1) is 0 Å². The Morgan fingerprint density at radius 2 is 1.56 bits per heavy atom. The van der Waals surface area contributed by atoms with Gasteiger partial charge in [0, 0.05) is 20.6 Å². The summed E-state index contributed by atoms with van der Waals surface area (Å²) in [5.41, 5.74) is 0. The Morgan fingerprint density at radius 3 is 2.12 bits per heavy atom.